The van der Waals surface area contributed by atoms with Crippen molar-refractivity contribution in [2.24, 2.45) is 5.10 Å². The molecule has 0 aliphatic carbocycles. The number of nitrogens with one attached hydrogen (secondary N) is 1. The minimum absolute atomic E-state index is 0.0530. The molecule has 1 N–H and O–H groups in total. The van der Waals surface area contributed by atoms with Crippen molar-refractivity contribution in [1.82, 2.24) is 5.43 Å². The number of fused-ring (bicyclic) bond motifs is 2. The molecule has 1 atom stereocenters. The Morgan fingerprint density at radius 3 is 2.21 bits per heavy atom. The summed E-state index contributed by atoms with van der Waals surface area (Å²) in [6.45, 7) is 4.65. The number of para-hydroxylation sites is 1. The molecule has 4 aromatic carbocycles. The lowest BCUT2D eigenvalue weighted by Crippen LogP contribution is -2.34. The first-order valence-electron chi connectivity index (χ1n) is 11.3. The van der Waals surface area contributed by atoms with Crippen LogP contribution in [-0.2, 0) is 5.41 Å². The Morgan fingerprint density at radius 1 is 0.758 bits per heavy atom. The maximum Gasteiger partial charge on any atom is 0.162 e. The lowest BCUT2D eigenvalue weighted by Gasteiger charge is -2.35. The summed E-state index contributed by atoms with van der Waals surface area (Å²) in [7, 11) is 0. The molecule has 0 amide bonds. The molecule has 0 aromatic heterocycles. The quantitative estimate of drug-likeness (QED) is 0.368. The Balaban J connectivity index is 1.45. The van der Waals surface area contributed by atoms with Gasteiger partial charge in [-0.3, -0.25) is 10.3 Å². The van der Waals surface area contributed by atoms with Gasteiger partial charge in [-0.1, -0.05) is 98.4 Å². The zero-order chi connectivity index (χ0) is 22.4. The molecule has 33 heavy (non-hydrogen) atoms. The van der Waals surface area contributed by atoms with E-state index in [9.17, 15) is 0 Å². The monoisotopic (exact) mass is 447 g/mol. The first-order valence-corrected chi connectivity index (χ1v) is 12.1. The number of benzene rings is 4. The van der Waals surface area contributed by atoms with Gasteiger partial charge in [0.15, 0.2) is 5.84 Å². The van der Waals surface area contributed by atoms with E-state index in [1.165, 1.54) is 26.5 Å². The van der Waals surface area contributed by atoms with Crippen molar-refractivity contribution in [2.75, 3.05) is 4.90 Å². The van der Waals surface area contributed by atoms with Gasteiger partial charge in [-0.25, -0.2) is 0 Å². The molecule has 0 saturated carbocycles. The lowest BCUT2D eigenvalue weighted by molar-refractivity contribution is 0.607. The highest BCUT2D eigenvalue weighted by Crippen LogP contribution is 2.49. The molecule has 4 aromatic rings. The third-order valence-electron chi connectivity index (χ3n) is 6.62. The molecule has 4 heteroatoms. The van der Waals surface area contributed by atoms with Crippen molar-refractivity contribution < 1.29 is 0 Å². The molecule has 162 valence electrons. The largest absolute Gasteiger partial charge is 0.298 e. The number of rotatable bonds is 3. The van der Waals surface area contributed by atoms with Gasteiger partial charge in [0.1, 0.15) is 6.17 Å². The average Bonchev–Trinajstić information content (AvgIpc) is 3.30. The summed E-state index contributed by atoms with van der Waals surface area (Å²) in [5.74, 6) is 0.942. The van der Waals surface area contributed by atoms with Crippen LogP contribution in [0.25, 0.3) is 0 Å². The van der Waals surface area contributed by atoms with E-state index in [4.69, 9.17) is 5.10 Å². The van der Waals surface area contributed by atoms with Gasteiger partial charge in [0.05, 0.1) is 0 Å². The van der Waals surface area contributed by atoms with E-state index in [-0.39, 0.29) is 11.6 Å². The molecule has 0 radical (unpaired) electrons. The van der Waals surface area contributed by atoms with E-state index in [1.807, 2.05) is 17.8 Å². The molecular formula is C29H25N3S. The van der Waals surface area contributed by atoms with Crippen LogP contribution in [-0.4, -0.2) is 5.84 Å². The Morgan fingerprint density at radius 2 is 1.42 bits per heavy atom. The van der Waals surface area contributed by atoms with Crippen LogP contribution in [0.4, 0.5) is 5.69 Å². The minimum atomic E-state index is -0.0732. The highest BCUT2D eigenvalue weighted by Gasteiger charge is 2.35. The average molecular weight is 448 g/mol. The number of anilines is 1. The molecule has 0 fully saturated rings. The Kier molecular flexibility index (Phi) is 4.77. The van der Waals surface area contributed by atoms with E-state index in [0.29, 0.717) is 0 Å². The normalized spacial score (nSPS) is 18.2. The van der Waals surface area contributed by atoms with Crippen LogP contribution >= 0.6 is 11.8 Å². The topological polar surface area (TPSA) is 27.6 Å². The van der Waals surface area contributed by atoms with Crippen LogP contribution in [0.1, 0.15) is 42.3 Å². The van der Waals surface area contributed by atoms with Gasteiger partial charge in [0, 0.05) is 26.5 Å². The third-order valence-corrected chi connectivity index (χ3v) is 7.77. The van der Waals surface area contributed by atoms with Crippen molar-refractivity contribution >= 4 is 23.3 Å². The number of hydrazone groups is 1. The molecule has 3 nitrogen and oxygen atoms in total. The molecular weight excluding hydrogens is 422 g/mol. The fraction of sp³-hybridized carbons (Fsp3) is 0.138. The Bertz CT molecular complexity index is 1350. The maximum atomic E-state index is 4.85. The molecule has 0 bridgehead atoms. The standard InChI is InChI=1S/C29H25N3S/c1-29(2)23-15-9-10-16-25(23)33-26-18-17-21(19-24(26)29)28-31-30-27(20-11-5-3-6-12-20)32(28)22-13-7-4-8-14-22/h3-19,27,30H,1-2H3. The maximum absolute atomic E-state index is 4.85. The van der Waals surface area contributed by atoms with Gasteiger partial charge in [-0.15, -0.1) is 0 Å². The zero-order valence-corrected chi connectivity index (χ0v) is 19.5. The highest BCUT2D eigenvalue weighted by molar-refractivity contribution is 7.99. The van der Waals surface area contributed by atoms with Crippen LogP contribution in [0.5, 0.6) is 0 Å². The summed E-state index contributed by atoms with van der Waals surface area (Å²) in [5, 5.41) is 4.85. The first kappa shape index (κ1) is 20.1. The molecule has 2 heterocycles. The summed E-state index contributed by atoms with van der Waals surface area (Å²) >= 11 is 1.86. The van der Waals surface area contributed by atoms with E-state index in [2.05, 4.69) is 121 Å². The SMILES string of the molecule is CC1(C)c2ccccc2Sc2ccc(C3=NNC(c4ccccc4)N3c3ccccc3)cc21. The van der Waals surface area contributed by atoms with Gasteiger partial charge < -0.3 is 0 Å². The van der Waals surface area contributed by atoms with E-state index < -0.39 is 0 Å². The van der Waals surface area contributed by atoms with Crippen LogP contribution in [0.15, 0.2) is 118 Å². The van der Waals surface area contributed by atoms with Gasteiger partial charge in [-0.2, -0.15) is 5.10 Å². The number of nitrogens with zero attached hydrogens (tertiary/aromatic N) is 2. The van der Waals surface area contributed by atoms with Crippen LogP contribution in [0, 0.1) is 0 Å². The first-order chi connectivity index (χ1) is 16.1. The van der Waals surface area contributed by atoms with E-state index in [1.54, 1.807) is 0 Å². The predicted molar refractivity (Wildman–Crippen MR) is 137 cm³/mol. The summed E-state index contributed by atoms with van der Waals surface area (Å²) < 4.78 is 0. The van der Waals surface area contributed by atoms with Gasteiger partial charge in [-0.05, 0) is 47.0 Å². The summed E-state index contributed by atoms with van der Waals surface area (Å²) in [5.41, 5.74) is 9.48. The second-order valence-electron chi connectivity index (χ2n) is 9.02. The smallest absolute Gasteiger partial charge is 0.162 e. The third kappa shape index (κ3) is 3.33. The molecule has 2 aliphatic heterocycles. The predicted octanol–water partition coefficient (Wildman–Crippen LogP) is 6.95. The van der Waals surface area contributed by atoms with E-state index in [0.717, 1.165) is 17.1 Å². The summed E-state index contributed by atoms with van der Waals surface area (Å²) in [6, 6.07) is 36.6. The van der Waals surface area contributed by atoms with Crippen LogP contribution in [0.3, 0.4) is 0 Å². The fourth-order valence-corrected chi connectivity index (χ4v) is 6.24. The van der Waals surface area contributed by atoms with Crippen LogP contribution < -0.4 is 10.3 Å². The Hall–Kier alpha value is -3.50. The van der Waals surface area contributed by atoms with Gasteiger partial charge in [0.2, 0.25) is 0 Å². The zero-order valence-electron chi connectivity index (χ0n) is 18.7. The Labute approximate surface area is 199 Å². The van der Waals surface area contributed by atoms with Crippen molar-refractivity contribution in [1.29, 1.82) is 0 Å². The number of hydrogen-bond acceptors (Lipinski definition) is 4. The van der Waals surface area contributed by atoms with Crippen LogP contribution in [0.2, 0.25) is 0 Å². The molecule has 0 spiro atoms. The minimum Gasteiger partial charge on any atom is -0.298 e. The lowest BCUT2D eigenvalue weighted by atomic mass is 9.77. The van der Waals surface area contributed by atoms with Crippen molar-refractivity contribution in [2.45, 2.75) is 35.2 Å². The van der Waals surface area contributed by atoms with Gasteiger partial charge >= 0.3 is 0 Å². The second-order valence-corrected chi connectivity index (χ2v) is 10.1. The number of hydrogen-bond donors (Lipinski definition) is 1. The van der Waals surface area contributed by atoms with Gasteiger partial charge in [0.25, 0.3) is 0 Å². The second kappa shape index (κ2) is 7.82. The van der Waals surface area contributed by atoms with Crippen molar-refractivity contribution in [3.8, 4) is 0 Å². The van der Waals surface area contributed by atoms with E-state index >= 15 is 0 Å². The molecule has 0 saturated heterocycles. The molecule has 6 rings (SSSR count). The van der Waals surface area contributed by atoms with Crippen molar-refractivity contribution in [3.63, 3.8) is 0 Å². The number of amidine groups is 1. The molecule has 1 unspecified atom stereocenters. The highest BCUT2D eigenvalue weighted by atomic mass is 32.2. The summed E-state index contributed by atoms with van der Waals surface area (Å²) in [6.07, 6.45) is -0.0530. The fourth-order valence-electron chi connectivity index (χ4n) is 4.86. The van der Waals surface area contributed by atoms with Crippen molar-refractivity contribution in [3.05, 3.63) is 125 Å². The molecule has 2 aliphatic rings. The summed E-state index contributed by atoms with van der Waals surface area (Å²) in [4.78, 5) is 4.96.